The van der Waals surface area contributed by atoms with Crippen LogP contribution >= 0.6 is 11.3 Å². The minimum atomic E-state index is 0.878. The zero-order valence-corrected chi connectivity index (χ0v) is 26.2. The molecule has 2 heterocycles. The van der Waals surface area contributed by atoms with Gasteiger partial charge in [-0.2, -0.15) is 0 Å². The molecule has 2 aromatic heterocycles. The van der Waals surface area contributed by atoms with Crippen LogP contribution in [-0.2, 0) is 0 Å². The van der Waals surface area contributed by atoms with Crippen LogP contribution in [-0.4, -0.2) is 0 Å². The number of fused-ring (bicyclic) bond motifs is 9. The second-order valence-electron chi connectivity index (χ2n) is 12.1. The molecule has 0 N–H and O–H groups in total. The van der Waals surface area contributed by atoms with Gasteiger partial charge in [-0.05, 0) is 76.3 Å². The molecule has 10 aromatic rings. The molecule has 0 unspecified atom stereocenters. The minimum absolute atomic E-state index is 0.878. The third kappa shape index (κ3) is 4.10. The van der Waals surface area contributed by atoms with E-state index in [1.807, 2.05) is 11.3 Å². The fraction of sp³-hybridized carbons (Fsp3) is 0. The Morgan fingerprint density at radius 2 is 1.17 bits per heavy atom. The smallest absolute Gasteiger partial charge is 0.143 e. The highest BCUT2D eigenvalue weighted by Gasteiger charge is 2.23. The summed E-state index contributed by atoms with van der Waals surface area (Å²) in [6, 6.07) is 59.1. The van der Waals surface area contributed by atoms with E-state index in [9.17, 15) is 0 Å². The maximum Gasteiger partial charge on any atom is 0.143 e. The molecule has 10 rings (SSSR count). The number of nitrogens with zero attached hydrogens (tertiary/aromatic N) is 1. The minimum Gasteiger partial charge on any atom is -0.455 e. The Bertz CT molecular complexity index is 2820. The second kappa shape index (κ2) is 10.3. The Morgan fingerprint density at radius 3 is 2.11 bits per heavy atom. The van der Waals surface area contributed by atoms with Crippen molar-refractivity contribution in [2.24, 2.45) is 0 Å². The van der Waals surface area contributed by atoms with Crippen molar-refractivity contribution in [1.29, 1.82) is 0 Å². The van der Waals surface area contributed by atoms with Crippen LogP contribution in [0.25, 0.3) is 74.8 Å². The van der Waals surface area contributed by atoms with Crippen LogP contribution in [0.15, 0.2) is 168 Å². The lowest BCUT2D eigenvalue weighted by molar-refractivity contribution is 0.672. The number of hydrogen-bond acceptors (Lipinski definition) is 3. The number of anilines is 3. The molecule has 0 aliphatic carbocycles. The van der Waals surface area contributed by atoms with Crippen molar-refractivity contribution < 1.29 is 4.42 Å². The van der Waals surface area contributed by atoms with Crippen LogP contribution in [0.3, 0.4) is 0 Å². The summed E-state index contributed by atoms with van der Waals surface area (Å²) in [6.45, 7) is 0. The Hall–Kier alpha value is -5.90. The van der Waals surface area contributed by atoms with Crippen molar-refractivity contribution in [3.63, 3.8) is 0 Å². The summed E-state index contributed by atoms with van der Waals surface area (Å²) in [7, 11) is 0. The first-order chi connectivity index (χ1) is 23.3. The van der Waals surface area contributed by atoms with Crippen molar-refractivity contribution in [3.8, 4) is 11.1 Å². The fourth-order valence-corrected chi connectivity index (χ4v) is 8.34. The Labute approximate surface area is 275 Å². The summed E-state index contributed by atoms with van der Waals surface area (Å²) < 4.78 is 9.29. The van der Waals surface area contributed by atoms with Gasteiger partial charge in [-0.25, -0.2) is 0 Å². The molecule has 0 amide bonds. The molecular weight excluding hydrogens is 591 g/mol. The standard InChI is InChI=1S/C44H27NOS/c1-2-12-30-26-32(23-20-28(30)10-1)45(39-17-9-18-40-43(39)36-24-21-29-11-3-4-14-34(29)44(36)46-40)38-16-7-5-13-33(38)31-22-25-42-37(27-31)35-15-6-8-19-41(35)47-42/h1-27H. The first-order valence-corrected chi connectivity index (χ1v) is 16.7. The Balaban J connectivity index is 1.27. The molecule has 0 radical (unpaired) electrons. The molecule has 0 saturated carbocycles. The average molecular weight is 618 g/mol. The van der Waals surface area contributed by atoms with Crippen molar-refractivity contribution in [3.05, 3.63) is 164 Å². The molecule has 0 aliphatic heterocycles. The van der Waals surface area contributed by atoms with E-state index in [1.54, 1.807) is 0 Å². The van der Waals surface area contributed by atoms with Gasteiger partial charge in [-0.1, -0.05) is 109 Å². The van der Waals surface area contributed by atoms with Gasteiger partial charge in [0.15, 0.2) is 0 Å². The average Bonchev–Trinajstić information content (AvgIpc) is 3.71. The van der Waals surface area contributed by atoms with E-state index in [4.69, 9.17) is 4.42 Å². The van der Waals surface area contributed by atoms with Gasteiger partial charge in [0, 0.05) is 42.2 Å². The van der Waals surface area contributed by atoms with Crippen molar-refractivity contribution in [2.45, 2.75) is 0 Å². The summed E-state index contributed by atoms with van der Waals surface area (Å²) in [5.74, 6) is 0. The molecule has 0 fully saturated rings. The molecule has 0 aliphatic rings. The normalized spacial score (nSPS) is 11.8. The quantitative estimate of drug-likeness (QED) is 0.195. The third-order valence-electron chi connectivity index (χ3n) is 9.43. The number of furan rings is 1. The highest BCUT2D eigenvalue weighted by Crippen LogP contribution is 2.47. The van der Waals surface area contributed by atoms with E-state index >= 15 is 0 Å². The molecule has 220 valence electrons. The monoisotopic (exact) mass is 617 g/mol. The van der Waals surface area contributed by atoms with Gasteiger partial charge >= 0.3 is 0 Å². The topological polar surface area (TPSA) is 16.4 Å². The largest absolute Gasteiger partial charge is 0.455 e. The first-order valence-electron chi connectivity index (χ1n) is 15.9. The van der Waals surface area contributed by atoms with E-state index in [0.717, 1.165) is 44.4 Å². The predicted octanol–water partition coefficient (Wildman–Crippen LogP) is 13.4. The molecule has 47 heavy (non-hydrogen) atoms. The number of rotatable bonds is 4. The van der Waals surface area contributed by atoms with Gasteiger partial charge < -0.3 is 9.32 Å². The highest BCUT2D eigenvalue weighted by molar-refractivity contribution is 7.25. The maximum absolute atomic E-state index is 6.67. The molecule has 8 aromatic carbocycles. The Kier molecular flexibility index (Phi) is 5.78. The summed E-state index contributed by atoms with van der Waals surface area (Å²) in [6.07, 6.45) is 0. The number of benzene rings is 8. The van der Waals surface area contributed by atoms with Gasteiger partial charge in [-0.3, -0.25) is 0 Å². The van der Waals surface area contributed by atoms with Crippen LogP contribution < -0.4 is 4.90 Å². The lowest BCUT2D eigenvalue weighted by atomic mass is 9.98. The van der Waals surface area contributed by atoms with Gasteiger partial charge in [-0.15, -0.1) is 11.3 Å². The predicted molar refractivity (Wildman–Crippen MR) is 202 cm³/mol. The molecule has 3 heteroatoms. The highest BCUT2D eigenvalue weighted by atomic mass is 32.1. The lowest BCUT2D eigenvalue weighted by Gasteiger charge is -2.29. The van der Waals surface area contributed by atoms with E-state index in [2.05, 4.69) is 169 Å². The molecule has 0 bridgehead atoms. The van der Waals surface area contributed by atoms with Gasteiger partial charge in [0.1, 0.15) is 11.2 Å². The number of hydrogen-bond donors (Lipinski definition) is 0. The zero-order valence-electron chi connectivity index (χ0n) is 25.4. The number of thiophene rings is 1. The summed E-state index contributed by atoms with van der Waals surface area (Å²) in [4.78, 5) is 2.42. The van der Waals surface area contributed by atoms with Crippen LogP contribution in [0.2, 0.25) is 0 Å². The number of para-hydroxylation sites is 1. The van der Waals surface area contributed by atoms with Gasteiger partial charge in [0.25, 0.3) is 0 Å². The SMILES string of the molecule is c1ccc(N(c2ccc3ccccc3c2)c2cccc3oc4c5ccccc5ccc4c23)c(-c2ccc3sc4ccccc4c3c2)c1. The molecule has 0 atom stereocenters. The maximum atomic E-state index is 6.67. The van der Waals surface area contributed by atoms with Gasteiger partial charge in [0.05, 0.1) is 16.8 Å². The van der Waals surface area contributed by atoms with E-state index in [0.29, 0.717) is 0 Å². The van der Waals surface area contributed by atoms with Crippen LogP contribution in [0, 0.1) is 0 Å². The van der Waals surface area contributed by atoms with E-state index < -0.39 is 0 Å². The molecule has 0 spiro atoms. The van der Waals surface area contributed by atoms with Crippen molar-refractivity contribution in [1.82, 2.24) is 0 Å². The zero-order chi connectivity index (χ0) is 30.9. The summed E-state index contributed by atoms with van der Waals surface area (Å²) >= 11 is 1.85. The fourth-order valence-electron chi connectivity index (χ4n) is 7.25. The Morgan fingerprint density at radius 1 is 0.447 bits per heavy atom. The lowest BCUT2D eigenvalue weighted by Crippen LogP contribution is -2.11. The second-order valence-corrected chi connectivity index (χ2v) is 13.2. The summed E-state index contributed by atoms with van der Waals surface area (Å²) in [5.41, 5.74) is 7.47. The van der Waals surface area contributed by atoms with Gasteiger partial charge in [0.2, 0.25) is 0 Å². The molecular formula is C44H27NOS. The van der Waals surface area contributed by atoms with E-state index in [1.165, 1.54) is 47.5 Å². The van der Waals surface area contributed by atoms with Crippen LogP contribution in [0.1, 0.15) is 0 Å². The van der Waals surface area contributed by atoms with E-state index in [-0.39, 0.29) is 0 Å². The third-order valence-corrected chi connectivity index (χ3v) is 10.6. The molecule has 2 nitrogen and oxygen atoms in total. The van der Waals surface area contributed by atoms with Crippen molar-refractivity contribution >= 4 is 92.1 Å². The molecule has 0 saturated heterocycles. The first kappa shape index (κ1) is 26.3. The summed E-state index contributed by atoms with van der Waals surface area (Å²) in [5, 5.41) is 9.55. The van der Waals surface area contributed by atoms with Crippen molar-refractivity contribution in [2.75, 3.05) is 4.90 Å². The van der Waals surface area contributed by atoms with Crippen LogP contribution in [0.5, 0.6) is 0 Å². The van der Waals surface area contributed by atoms with Crippen LogP contribution in [0.4, 0.5) is 17.1 Å².